The van der Waals surface area contributed by atoms with Crippen LogP contribution < -0.4 is 5.32 Å². The molecule has 0 aliphatic heterocycles. The Labute approximate surface area is 149 Å². The lowest BCUT2D eigenvalue weighted by molar-refractivity contribution is 1.18. The van der Waals surface area contributed by atoms with E-state index in [2.05, 4.69) is 5.32 Å². The smallest absolute Gasteiger partial charge is 0.144 e. The van der Waals surface area contributed by atoms with Crippen LogP contribution in [0.15, 0.2) is 72.8 Å². The average Bonchev–Trinajstić information content (AvgIpc) is 2.96. The van der Waals surface area contributed by atoms with Gasteiger partial charge in [-0.05, 0) is 30.3 Å². The number of rotatable bonds is 3. The van der Waals surface area contributed by atoms with Crippen LogP contribution in [0.5, 0.6) is 0 Å². The van der Waals surface area contributed by atoms with Gasteiger partial charge in [0.15, 0.2) is 0 Å². The highest BCUT2D eigenvalue weighted by molar-refractivity contribution is 6.33. The Bertz CT molecular complexity index is 1010. The minimum absolute atomic E-state index is 0.580. The van der Waals surface area contributed by atoms with E-state index >= 15 is 0 Å². The lowest BCUT2D eigenvalue weighted by atomic mass is 10.1. The van der Waals surface area contributed by atoms with Crippen LogP contribution in [0.1, 0.15) is 0 Å². The van der Waals surface area contributed by atoms with Crippen molar-refractivity contribution in [3.05, 3.63) is 83.0 Å². The molecule has 1 N–H and O–H groups in total. The Morgan fingerprint density at radius 3 is 2.33 bits per heavy atom. The van der Waals surface area contributed by atoms with Crippen molar-refractivity contribution >= 4 is 40.4 Å². The monoisotopic (exact) mass is 353 g/mol. The van der Waals surface area contributed by atoms with Crippen molar-refractivity contribution in [3.63, 3.8) is 0 Å². The molecule has 0 aliphatic carbocycles. The molecule has 0 amide bonds. The molecule has 0 saturated heterocycles. The molecule has 0 radical (unpaired) electrons. The minimum atomic E-state index is 0.580. The van der Waals surface area contributed by atoms with Crippen LogP contribution in [0.2, 0.25) is 10.2 Å². The van der Waals surface area contributed by atoms with Gasteiger partial charge in [0.05, 0.1) is 5.02 Å². The lowest BCUT2D eigenvalue weighted by Crippen LogP contribution is -1.97. The molecule has 0 atom stereocenters. The molecule has 0 saturated carbocycles. The fourth-order valence-electron chi connectivity index (χ4n) is 2.67. The minimum Gasteiger partial charge on any atom is -0.339 e. The van der Waals surface area contributed by atoms with Crippen molar-refractivity contribution < 1.29 is 0 Å². The fourth-order valence-corrected chi connectivity index (χ4v) is 3.14. The zero-order valence-electron chi connectivity index (χ0n) is 12.6. The number of benzene rings is 2. The van der Waals surface area contributed by atoms with E-state index in [-0.39, 0.29) is 0 Å². The van der Waals surface area contributed by atoms with Gasteiger partial charge in [0.2, 0.25) is 0 Å². The van der Waals surface area contributed by atoms with Gasteiger partial charge in [-0.3, -0.25) is 4.40 Å². The molecule has 2 aromatic heterocycles. The third-order valence-corrected chi connectivity index (χ3v) is 4.39. The molecule has 24 heavy (non-hydrogen) atoms. The number of fused-ring (bicyclic) bond motifs is 1. The third-order valence-electron chi connectivity index (χ3n) is 3.76. The van der Waals surface area contributed by atoms with Gasteiger partial charge in [-0.1, -0.05) is 65.7 Å². The van der Waals surface area contributed by atoms with E-state index in [1.807, 2.05) is 77.2 Å². The zero-order chi connectivity index (χ0) is 16.5. The van der Waals surface area contributed by atoms with E-state index in [1.54, 1.807) is 0 Å². The highest BCUT2D eigenvalue weighted by Gasteiger charge is 2.17. The molecule has 4 aromatic rings. The molecule has 0 unspecified atom stereocenters. The second-order valence-corrected chi connectivity index (χ2v) is 6.12. The van der Waals surface area contributed by atoms with Crippen molar-refractivity contribution in [2.75, 3.05) is 5.32 Å². The third kappa shape index (κ3) is 2.62. The summed E-state index contributed by atoms with van der Waals surface area (Å²) < 4.78 is 1.88. The van der Waals surface area contributed by atoms with Gasteiger partial charge in [0.1, 0.15) is 22.3 Å². The maximum Gasteiger partial charge on any atom is 0.144 e. The van der Waals surface area contributed by atoms with Crippen molar-refractivity contribution in [1.29, 1.82) is 0 Å². The number of imidazole rings is 1. The molecule has 0 bridgehead atoms. The van der Waals surface area contributed by atoms with Gasteiger partial charge in [0, 0.05) is 11.3 Å². The molecule has 0 spiro atoms. The molecule has 2 aromatic carbocycles. The molecule has 5 heteroatoms. The molecular weight excluding hydrogens is 341 g/mol. The molecule has 0 fully saturated rings. The van der Waals surface area contributed by atoms with E-state index in [9.17, 15) is 0 Å². The Morgan fingerprint density at radius 2 is 1.54 bits per heavy atom. The summed E-state index contributed by atoms with van der Waals surface area (Å²) >= 11 is 12.8. The van der Waals surface area contributed by atoms with Crippen LogP contribution in [0, 0.1) is 0 Å². The van der Waals surface area contributed by atoms with E-state index in [1.165, 1.54) is 0 Å². The average molecular weight is 354 g/mol. The highest BCUT2D eigenvalue weighted by Crippen LogP contribution is 2.36. The molecule has 3 nitrogen and oxygen atoms in total. The van der Waals surface area contributed by atoms with Crippen LogP contribution in [0.4, 0.5) is 11.5 Å². The number of aromatic nitrogens is 2. The van der Waals surface area contributed by atoms with Gasteiger partial charge in [-0.15, -0.1) is 0 Å². The first-order chi connectivity index (χ1) is 11.7. The number of nitrogens with one attached hydrogen (secondary N) is 1. The Kier molecular flexibility index (Phi) is 3.89. The van der Waals surface area contributed by atoms with Crippen molar-refractivity contribution in [2.45, 2.75) is 0 Å². The second kappa shape index (κ2) is 6.19. The van der Waals surface area contributed by atoms with Gasteiger partial charge in [0.25, 0.3) is 0 Å². The Hall–Kier alpha value is -2.49. The Morgan fingerprint density at radius 1 is 0.792 bits per heavy atom. The molecular formula is C19H13Cl2N3. The number of hydrogen-bond donors (Lipinski definition) is 1. The first-order valence-electron chi connectivity index (χ1n) is 7.48. The van der Waals surface area contributed by atoms with Gasteiger partial charge >= 0.3 is 0 Å². The van der Waals surface area contributed by atoms with Crippen molar-refractivity contribution in [1.82, 2.24) is 9.38 Å². The summed E-state index contributed by atoms with van der Waals surface area (Å²) in [4.78, 5) is 4.73. The summed E-state index contributed by atoms with van der Waals surface area (Å²) in [7, 11) is 0. The first-order valence-corrected chi connectivity index (χ1v) is 8.23. The Balaban J connectivity index is 1.98. The fraction of sp³-hybridized carbons (Fsp3) is 0. The SMILES string of the molecule is Clc1ccccc1-c1nc2cccc(Cl)n2c1Nc1ccccc1. The number of nitrogens with zero attached hydrogens (tertiary/aromatic N) is 2. The maximum atomic E-state index is 6.42. The standard InChI is InChI=1S/C19H13Cl2N3/c20-15-10-5-4-9-14(15)18-19(22-13-7-2-1-3-8-13)24-16(21)11-6-12-17(24)23-18/h1-12,22H. The first kappa shape index (κ1) is 15.1. The van der Waals surface area contributed by atoms with Gasteiger partial charge < -0.3 is 5.32 Å². The number of para-hydroxylation sites is 1. The predicted octanol–water partition coefficient (Wildman–Crippen LogP) is 6.05. The van der Waals surface area contributed by atoms with E-state index in [0.717, 1.165) is 28.4 Å². The molecule has 2 heterocycles. The summed E-state index contributed by atoms with van der Waals surface area (Å²) in [5.74, 6) is 0.787. The van der Waals surface area contributed by atoms with Crippen LogP contribution in [-0.4, -0.2) is 9.38 Å². The number of halogens is 2. The number of pyridine rings is 1. The number of anilines is 2. The molecule has 0 aliphatic rings. The lowest BCUT2D eigenvalue weighted by Gasteiger charge is -2.10. The quantitative estimate of drug-likeness (QED) is 0.454. The van der Waals surface area contributed by atoms with Crippen molar-refractivity contribution in [3.8, 4) is 11.3 Å². The van der Waals surface area contributed by atoms with E-state index < -0.39 is 0 Å². The summed E-state index contributed by atoms with van der Waals surface area (Å²) in [5, 5.41) is 4.65. The van der Waals surface area contributed by atoms with Crippen molar-refractivity contribution in [2.24, 2.45) is 0 Å². The van der Waals surface area contributed by atoms with Crippen LogP contribution in [-0.2, 0) is 0 Å². The van der Waals surface area contributed by atoms with Gasteiger partial charge in [-0.25, -0.2) is 4.98 Å². The summed E-state index contributed by atoms with van der Waals surface area (Å²) in [6.07, 6.45) is 0. The van der Waals surface area contributed by atoms with E-state index in [0.29, 0.717) is 10.2 Å². The van der Waals surface area contributed by atoms with Crippen LogP contribution in [0.3, 0.4) is 0 Å². The van der Waals surface area contributed by atoms with Crippen LogP contribution in [0.25, 0.3) is 16.9 Å². The molecule has 118 valence electrons. The maximum absolute atomic E-state index is 6.42. The van der Waals surface area contributed by atoms with Gasteiger partial charge in [-0.2, -0.15) is 0 Å². The summed E-state index contributed by atoms with van der Waals surface area (Å²) in [5.41, 5.74) is 3.33. The summed E-state index contributed by atoms with van der Waals surface area (Å²) in [6, 6.07) is 23.2. The highest BCUT2D eigenvalue weighted by atomic mass is 35.5. The van der Waals surface area contributed by atoms with E-state index in [4.69, 9.17) is 28.2 Å². The normalized spacial score (nSPS) is 10.9. The zero-order valence-corrected chi connectivity index (χ0v) is 14.1. The number of hydrogen-bond acceptors (Lipinski definition) is 2. The van der Waals surface area contributed by atoms with Crippen LogP contribution >= 0.6 is 23.2 Å². The second-order valence-electron chi connectivity index (χ2n) is 5.32. The topological polar surface area (TPSA) is 29.3 Å². The predicted molar refractivity (Wildman–Crippen MR) is 100 cm³/mol. The molecule has 4 rings (SSSR count). The summed E-state index contributed by atoms with van der Waals surface area (Å²) in [6.45, 7) is 0. The largest absolute Gasteiger partial charge is 0.339 e.